The fourth-order valence-corrected chi connectivity index (χ4v) is 3.63. The molecule has 0 amide bonds. The molecule has 0 bridgehead atoms. The molecular weight excluding hydrogens is 530 g/mol. The fourth-order valence-electron chi connectivity index (χ4n) is 3.63. The fraction of sp³-hybridized carbons (Fsp3) is 0.111. The molecule has 206 valence electrons. The molecule has 0 aromatic heterocycles. The van der Waals surface area contributed by atoms with Crippen LogP contribution in [0.5, 0.6) is 23.0 Å². The minimum atomic E-state index is -6.25. The van der Waals surface area contributed by atoms with Crippen LogP contribution in [0.1, 0.15) is 11.1 Å². The van der Waals surface area contributed by atoms with E-state index in [1.54, 1.807) is 36.4 Å². The Morgan fingerprint density at radius 1 is 0.513 bits per heavy atom. The molecule has 0 unspecified atom stereocenters. The molecule has 4 rings (SSSR count). The Morgan fingerprint density at radius 2 is 0.897 bits per heavy atom. The topological polar surface area (TPSA) is 133 Å². The molecule has 0 aliphatic rings. The molecule has 0 aliphatic heterocycles. The number of aromatic hydroxyl groups is 4. The van der Waals surface area contributed by atoms with E-state index in [0.29, 0.717) is 36.4 Å². The van der Waals surface area contributed by atoms with Gasteiger partial charge in [-0.1, -0.05) is 36.4 Å². The average Bonchev–Trinajstić information content (AvgIpc) is 2.86. The van der Waals surface area contributed by atoms with Crippen LogP contribution in [0.4, 0.5) is 37.7 Å². The smallest absolute Gasteiger partial charge is 0.457 e. The quantitative estimate of drug-likeness (QED) is 0.0981. The van der Waals surface area contributed by atoms with E-state index >= 15 is 4.39 Å². The van der Waals surface area contributed by atoms with Crippen molar-refractivity contribution in [3.8, 4) is 34.1 Å². The minimum absolute atomic E-state index is 0.228. The van der Waals surface area contributed by atoms with Crippen molar-refractivity contribution in [2.45, 2.75) is 17.8 Å². The Balaban J connectivity index is 0.000000252. The molecule has 0 heterocycles. The predicted molar refractivity (Wildman–Crippen MR) is 133 cm³/mol. The van der Waals surface area contributed by atoms with E-state index in [1.807, 2.05) is 12.1 Å². The van der Waals surface area contributed by atoms with Crippen molar-refractivity contribution in [3.05, 3.63) is 96.1 Å². The maximum atomic E-state index is 15.4. The first kappa shape index (κ1) is 28.8. The van der Waals surface area contributed by atoms with Crippen LogP contribution in [-0.2, 0) is 5.67 Å². The number of alkyl halides is 6. The van der Waals surface area contributed by atoms with Crippen LogP contribution < -0.4 is 11.5 Å². The molecule has 0 spiro atoms. The molecule has 4 aromatic carbocycles. The number of anilines is 2. The Hall–Kier alpha value is -4.74. The SMILES string of the molecule is Nc1cc(C(F)(c2ccc(O)c(N)c2)C(F)(F)C(F)(F)F)ccc1O.Oc1cccc(-c2cccc(O)c2)c1. The summed E-state index contributed by atoms with van der Waals surface area (Å²) in [4.78, 5) is 0. The summed E-state index contributed by atoms with van der Waals surface area (Å²) in [6.07, 6.45) is -6.25. The van der Waals surface area contributed by atoms with Crippen LogP contribution in [0.2, 0.25) is 0 Å². The van der Waals surface area contributed by atoms with E-state index in [1.165, 1.54) is 0 Å². The predicted octanol–water partition coefficient (Wildman–Crippen LogP) is 6.44. The first-order valence-corrected chi connectivity index (χ1v) is 11.0. The second kappa shape index (κ2) is 10.6. The number of rotatable bonds is 4. The summed E-state index contributed by atoms with van der Waals surface area (Å²) in [6.45, 7) is 0. The van der Waals surface area contributed by atoms with Gasteiger partial charge in [-0.25, -0.2) is 4.39 Å². The molecule has 0 saturated carbocycles. The van der Waals surface area contributed by atoms with Crippen LogP contribution >= 0.6 is 0 Å². The van der Waals surface area contributed by atoms with Gasteiger partial charge in [0, 0.05) is 11.1 Å². The standard InChI is InChI=1S/C15H12F6N2O2.C12H10O2/c16-13(14(17,18)15(19,20)21,7-1-3-11(24)9(22)5-7)8-2-4-12(25)10(23)6-8;13-11-5-1-3-9(7-11)10-4-2-6-12(14)8-10/h1-6,24-25H,22-23H2;1-8,13-14H. The van der Waals surface area contributed by atoms with Gasteiger partial charge in [0.2, 0.25) is 5.67 Å². The van der Waals surface area contributed by atoms with E-state index in [0.717, 1.165) is 11.1 Å². The van der Waals surface area contributed by atoms with Crippen molar-refractivity contribution >= 4 is 11.4 Å². The summed E-state index contributed by atoms with van der Waals surface area (Å²) in [6, 6.07) is 17.3. The van der Waals surface area contributed by atoms with Crippen LogP contribution in [-0.4, -0.2) is 32.5 Å². The minimum Gasteiger partial charge on any atom is -0.508 e. The molecule has 12 heteroatoms. The lowest BCUT2D eigenvalue weighted by atomic mass is 9.81. The van der Waals surface area contributed by atoms with Crippen LogP contribution in [0.15, 0.2) is 84.9 Å². The zero-order valence-corrected chi connectivity index (χ0v) is 19.8. The number of phenols is 4. The van der Waals surface area contributed by atoms with Gasteiger partial charge < -0.3 is 31.9 Å². The van der Waals surface area contributed by atoms with Gasteiger partial charge in [-0.15, -0.1) is 0 Å². The molecule has 0 radical (unpaired) electrons. The first-order valence-electron chi connectivity index (χ1n) is 11.0. The van der Waals surface area contributed by atoms with Gasteiger partial charge in [-0.2, -0.15) is 22.0 Å². The molecule has 6 nitrogen and oxygen atoms in total. The third kappa shape index (κ3) is 5.74. The molecule has 4 aromatic rings. The van der Waals surface area contributed by atoms with Crippen LogP contribution in [0.25, 0.3) is 11.1 Å². The van der Waals surface area contributed by atoms with Gasteiger partial charge in [-0.3, -0.25) is 0 Å². The zero-order valence-electron chi connectivity index (χ0n) is 19.8. The van der Waals surface area contributed by atoms with Crippen molar-refractivity contribution in [1.29, 1.82) is 0 Å². The second-order valence-electron chi connectivity index (χ2n) is 8.38. The first-order chi connectivity index (χ1) is 18.1. The van der Waals surface area contributed by atoms with Crippen LogP contribution in [0.3, 0.4) is 0 Å². The normalized spacial score (nSPS) is 11.9. The van der Waals surface area contributed by atoms with Gasteiger partial charge in [-0.05, 0) is 59.7 Å². The molecule has 0 aliphatic carbocycles. The van der Waals surface area contributed by atoms with Crippen molar-refractivity contribution in [1.82, 2.24) is 0 Å². The van der Waals surface area contributed by atoms with Crippen molar-refractivity contribution in [2.75, 3.05) is 11.5 Å². The molecule has 0 saturated heterocycles. The molecule has 39 heavy (non-hydrogen) atoms. The van der Waals surface area contributed by atoms with Gasteiger partial charge in [0.05, 0.1) is 11.4 Å². The number of phenolic OH excluding ortho intramolecular Hbond substituents is 4. The third-order valence-corrected chi connectivity index (χ3v) is 5.66. The highest BCUT2D eigenvalue weighted by molar-refractivity contribution is 5.66. The lowest BCUT2D eigenvalue weighted by Gasteiger charge is -2.35. The summed E-state index contributed by atoms with van der Waals surface area (Å²) in [5, 5.41) is 37.2. The number of hydrogen-bond acceptors (Lipinski definition) is 6. The Bertz CT molecular complexity index is 1380. The van der Waals surface area contributed by atoms with Crippen molar-refractivity contribution < 1.29 is 46.8 Å². The van der Waals surface area contributed by atoms with Crippen molar-refractivity contribution in [3.63, 3.8) is 0 Å². The molecule has 8 N–H and O–H groups in total. The van der Waals surface area contributed by atoms with Crippen LogP contribution in [0, 0.1) is 0 Å². The largest absolute Gasteiger partial charge is 0.508 e. The van der Waals surface area contributed by atoms with E-state index in [4.69, 9.17) is 11.5 Å². The number of nitrogens with two attached hydrogens (primary N) is 2. The third-order valence-electron chi connectivity index (χ3n) is 5.66. The summed E-state index contributed by atoms with van der Waals surface area (Å²) in [5.74, 6) is -6.65. The number of nitrogen functional groups attached to an aromatic ring is 2. The van der Waals surface area contributed by atoms with Gasteiger partial charge in [0.25, 0.3) is 0 Å². The van der Waals surface area contributed by atoms with Gasteiger partial charge in [0.15, 0.2) is 0 Å². The highest BCUT2D eigenvalue weighted by Gasteiger charge is 2.72. The number of benzene rings is 4. The Morgan fingerprint density at radius 3 is 1.21 bits per heavy atom. The lowest BCUT2D eigenvalue weighted by Crippen LogP contribution is -2.53. The maximum Gasteiger partial charge on any atom is 0.457 e. The zero-order chi connectivity index (χ0) is 29.2. The van der Waals surface area contributed by atoms with Gasteiger partial charge >= 0.3 is 12.1 Å². The molecule has 0 atom stereocenters. The summed E-state index contributed by atoms with van der Waals surface area (Å²) < 4.78 is 82.4. The van der Waals surface area contributed by atoms with E-state index in [2.05, 4.69) is 0 Å². The number of halogens is 6. The summed E-state index contributed by atoms with van der Waals surface area (Å²) in [5.41, 5.74) is 4.49. The van der Waals surface area contributed by atoms with E-state index < -0.39 is 51.8 Å². The summed E-state index contributed by atoms with van der Waals surface area (Å²) >= 11 is 0. The monoisotopic (exact) mass is 552 g/mol. The number of hydrogen-bond donors (Lipinski definition) is 6. The van der Waals surface area contributed by atoms with E-state index in [-0.39, 0.29) is 11.5 Å². The maximum absolute atomic E-state index is 15.4. The highest BCUT2D eigenvalue weighted by atomic mass is 19.4. The Kier molecular flexibility index (Phi) is 7.80. The molecule has 0 fully saturated rings. The highest BCUT2D eigenvalue weighted by Crippen LogP contribution is 2.55. The molecular formula is C27H22F6N2O4. The van der Waals surface area contributed by atoms with E-state index in [9.17, 15) is 42.4 Å². The Labute approximate surface area is 218 Å². The summed E-state index contributed by atoms with van der Waals surface area (Å²) in [7, 11) is 0. The van der Waals surface area contributed by atoms with Gasteiger partial charge in [0.1, 0.15) is 23.0 Å². The van der Waals surface area contributed by atoms with Crippen molar-refractivity contribution in [2.24, 2.45) is 0 Å². The lowest BCUT2D eigenvalue weighted by molar-refractivity contribution is -0.323. The second-order valence-corrected chi connectivity index (χ2v) is 8.38. The average molecular weight is 552 g/mol.